The number of benzene rings is 2. The lowest BCUT2D eigenvalue weighted by Crippen LogP contribution is -2.33. The number of ether oxygens (including phenoxy) is 2. The first-order chi connectivity index (χ1) is 19.2. The van der Waals surface area contributed by atoms with Crippen molar-refractivity contribution in [1.29, 1.82) is 0 Å². The van der Waals surface area contributed by atoms with E-state index >= 15 is 0 Å². The van der Waals surface area contributed by atoms with Crippen LogP contribution in [0.15, 0.2) is 72.8 Å². The Morgan fingerprint density at radius 1 is 1.10 bits per heavy atom. The second-order valence-electron chi connectivity index (χ2n) is 9.62. The summed E-state index contributed by atoms with van der Waals surface area (Å²) < 4.78 is 11.4. The number of hydrogen-bond donors (Lipinski definition) is 5. The topological polar surface area (TPSA) is 154 Å². The normalized spacial score (nSPS) is 23.3. The number of fused-ring (bicyclic) bond motifs is 1. The van der Waals surface area contributed by atoms with Crippen LogP contribution < -0.4 is 15.4 Å². The molecule has 10 heteroatoms. The zero-order valence-electron chi connectivity index (χ0n) is 21.9. The molecule has 2 unspecified atom stereocenters. The van der Waals surface area contributed by atoms with E-state index in [-0.39, 0.29) is 41.7 Å². The molecule has 0 radical (unpaired) electrons. The summed E-state index contributed by atoms with van der Waals surface area (Å²) in [4.78, 5) is 37.4. The van der Waals surface area contributed by atoms with E-state index in [2.05, 4.69) is 10.6 Å². The predicted octanol–water partition coefficient (Wildman–Crippen LogP) is 3.35. The van der Waals surface area contributed by atoms with Crippen molar-refractivity contribution in [2.45, 2.75) is 38.1 Å². The Morgan fingerprint density at radius 3 is 2.58 bits per heavy atom. The zero-order valence-corrected chi connectivity index (χ0v) is 21.9. The Balaban J connectivity index is 1.43. The summed E-state index contributed by atoms with van der Waals surface area (Å²) in [5, 5.41) is 36.7. The summed E-state index contributed by atoms with van der Waals surface area (Å²) in [5.74, 6) is -1.51. The number of phenolic OH excluding ortho intramolecular Hbond substituents is 1. The quantitative estimate of drug-likeness (QED) is 0.209. The van der Waals surface area contributed by atoms with E-state index in [1.807, 2.05) is 18.2 Å². The second-order valence-corrected chi connectivity index (χ2v) is 9.62. The molecule has 3 atom stereocenters. The Labute approximate surface area is 231 Å². The molecule has 10 nitrogen and oxygen atoms in total. The molecule has 0 saturated carbocycles. The fourth-order valence-electron chi connectivity index (χ4n) is 4.13. The Kier molecular flexibility index (Phi) is 9.03. The molecule has 2 aliphatic rings. The zero-order chi connectivity index (χ0) is 28.7. The highest BCUT2D eigenvalue weighted by Crippen LogP contribution is 2.42. The summed E-state index contributed by atoms with van der Waals surface area (Å²) in [6, 6.07) is 11.5. The molecule has 1 spiro atoms. The molecule has 4 rings (SSSR count). The van der Waals surface area contributed by atoms with Gasteiger partial charge in [-0.05, 0) is 49.6 Å². The number of phenols is 1. The standard InChI is InChI=1S/C30H32N2O8/c1-19-30(13-14-30)12-11-24(34)27(36)23(33)10-5-7-20-17-22(18-25(35)26(20)28(37)40-19)39-16-6-15-31-29(38)32-21-8-3-2-4-9-21/h2-5,7-9,11-14,17-19,23,27,33,35-36H,6,10,15-16H2,1H3,(H2,31,32,38)/b7-5+,12-11-/t19?,23?,27-/m0/s1. The highest BCUT2D eigenvalue weighted by Gasteiger charge is 2.41. The molecule has 0 fully saturated rings. The van der Waals surface area contributed by atoms with Gasteiger partial charge in [-0.2, -0.15) is 0 Å². The third kappa shape index (κ3) is 7.16. The first-order valence-corrected chi connectivity index (χ1v) is 13.0. The lowest BCUT2D eigenvalue weighted by atomic mass is 9.94. The monoisotopic (exact) mass is 548 g/mol. The first kappa shape index (κ1) is 28.6. The van der Waals surface area contributed by atoms with Crippen LogP contribution in [0.4, 0.5) is 10.5 Å². The SMILES string of the molecule is CC1OC(=O)c2c(O)cc(OCCCNC(=O)Nc3ccccc3)cc2/C=C/CC(O)[C@H](O)C(=O)/C=C\C12C=C2. The molecular weight excluding hydrogens is 516 g/mol. The van der Waals surface area contributed by atoms with Gasteiger partial charge in [-0.25, -0.2) is 9.59 Å². The van der Waals surface area contributed by atoms with E-state index in [0.717, 1.165) is 0 Å². The van der Waals surface area contributed by atoms with Crippen molar-refractivity contribution in [3.8, 4) is 11.5 Å². The Morgan fingerprint density at radius 2 is 1.85 bits per heavy atom. The van der Waals surface area contributed by atoms with Crippen molar-refractivity contribution in [1.82, 2.24) is 5.32 Å². The van der Waals surface area contributed by atoms with Gasteiger partial charge in [0.15, 0.2) is 5.78 Å². The number of urea groups is 1. The van der Waals surface area contributed by atoms with E-state index in [1.54, 1.807) is 31.2 Å². The molecular formula is C30H32N2O8. The van der Waals surface area contributed by atoms with Gasteiger partial charge in [0.25, 0.3) is 0 Å². The number of aliphatic hydroxyl groups excluding tert-OH is 2. The molecule has 0 aromatic heterocycles. The van der Waals surface area contributed by atoms with Crippen molar-refractivity contribution in [2.75, 3.05) is 18.5 Å². The number of anilines is 1. The van der Waals surface area contributed by atoms with Crippen LogP contribution in [0.3, 0.4) is 0 Å². The molecule has 5 N–H and O–H groups in total. The molecule has 1 aliphatic carbocycles. The van der Waals surface area contributed by atoms with Gasteiger partial charge in [0.1, 0.15) is 29.3 Å². The van der Waals surface area contributed by atoms with Crippen LogP contribution in [0.5, 0.6) is 11.5 Å². The van der Waals surface area contributed by atoms with Crippen molar-refractivity contribution in [3.05, 3.63) is 84.0 Å². The van der Waals surface area contributed by atoms with E-state index in [4.69, 9.17) is 9.47 Å². The molecule has 2 amide bonds. The van der Waals surface area contributed by atoms with E-state index in [0.29, 0.717) is 18.7 Å². The maximum absolute atomic E-state index is 13.1. The number of hydrogen-bond acceptors (Lipinski definition) is 8. The van der Waals surface area contributed by atoms with Crippen LogP contribution in [-0.2, 0) is 9.53 Å². The van der Waals surface area contributed by atoms with Gasteiger partial charge in [0.05, 0.1) is 18.1 Å². The van der Waals surface area contributed by atoms with Crippen LogP contribution in [0.2, 0.25) is 0 Å². The average molecular weight is 549 g/mol. The van der Waals surface area contributed by atoms with Crippen molar-refractivity contribution in [2.24, 2.45) is 5.41 Å². The number of rotatable bonds is 6. The van der Waals surface area contributed by atoms with Crippen LogP contribution in [0.1, 0.15) is 35.7 Å². The first-order valence-electron chi connectivity index (χ1n) is 13.0. The average Bonchev–Trinajstić information content (AvgIpc) is 3.72. The van der Waals surface area contributed by atoms with Gasteiger partial charge in [-0.1, -0.05) is 48.6 Å². The minimum Gasteiger partial charge on any atom is -0.507 e. The minimum absolute atomic E-state index is 0.0855. The van der Waals surface area contributed by atoms with Crippen LogP contribution in [0, 0.1) is 5.41 Å². The minimum atomic E-state index is -1.62. The number of esters is 1. The Bertz CT molecular complexity index is 1330. The van der Waals surface area contributed by atoms with E-state index in [9.17, 15) is 29.7 Å². The fraction of sp³-hybridized carbons (Fsp3) is 0.300. The summed E-state index contributed by atoms with van der Waals surface area (Å²) in [7, 11) is 0. The number of amides is 2. The van der Waals surface area contributed by atoms with Gasteiger partial charge < -0.3 is 35.4 Å². The summed E-state index contributed by atoms with van der Waals surface area (Å²) in [6.07, 6.45) is 5.85. The van der Waals surface area contributed by atoms with Gasteiger partial charge in [0, 0.05) is 18.3 Å². The third-order valence-electron chi connectivity index (χ3n) is 6.64. The van der Waals surface area contributed by atoms with Gasteiger partial charge in [-0.3, -0.25) is 4.79 Å². The number of cyclic esters (lactones) is 1. The highest BCUT2D eigenvalue weighted by atomic mass is 16.5. The largest absolute Gasteiger partial charge is 0.507 e. The number of carbonyl (C=O) groups excluding carboxylic acids is 3. The lowest BCUT2D eigenvalue weighted by molar-refractivity contribution is -0.127. The lowest BCUT2D eigenvalue weighted by Gasteiger charge is -2.23. The highest BCUT2D eigenvalue weighted by molar-refractivity contribution is 5.97. The number of ketones is 1. The molecule has 40 heavy (non-hydrogen) atoms. The molecule has 2 aromatic rings. The van der Waals surface area contributed by atoms with E-state index < -0.39 is 35.5 Å². The molecule has 0 saturated heterocycles. The number of para-hydroxylation sites is 1. The summed E-state index contributed by atoms with van der Waals surface area (Å²) in [6.45, 7) is 2.20. The molecule has 1 aliphatic heterocycles. The fourth-order valence-corrected chi connectivity index (χ4v) is 4.13. The van der Waals surface area contributed by atoms with E-state index in [1.165, 1.54) is 36.4 Å². The van der Waals surface area contributed by atoms with Crippen molar-refractivity contribution in [3.63, 3.8) is 0 Å². The molecule has 210 valence electrons. The van der Waals surface area contributed by atoms with Crippen LogP contribution in [-0.4, -0.2) is 64.6 Å². The number of aromatic hydroxyl groups is 1. The number of aliphatic hydroxyl groups is 2. The molecule has 2 aromatic carbocycles. The summed E-state index contributed by atoms with van der Waals surface area (Å²) in [5.41, 5.74) is 0.0654. The predicted molar refractivity (Wildman–Crippen MR) is 148 cm³/mol. The van der Waals surface area contributed by atoms with Gasteiger partial charge >= 0.3 is 12.0 Å². The van der Waals surface area contributed by atoms with Crippen LogP contribution in [0.25, 0.3) is 6.08 Å². The molecule has 0 bridgehead atoms. The van der Waals surface area contributed by atoms with Crippen molar-refractivity contribution >= 4 is 29.5 Å². The van der Waals surface area contributed by atoms with Crippen LogP contribution >= 0.6 is 0 Å². The number of carbonyl (C=O) groups is 3. The third-order valence-corrected chi connectivity index (χ3v) is 6.64. The molecule has 1 heterocycles. The summed E-state index contributed by atoms with van der Waals surface area (Å²) >= 11 is 0. The maximum atomic E-state index is 13.1. The van der Waals surface area contributed by atoms with Crippen molar-refractivity contribution < 1.29 is 39.2 Å². The van der Waals surface area contributed by atoms with Gasteiger partial charge in [-0.15, -0.1) is 0 Å². The van der Waals surface area contributed by atoms with Gasteiger partial charge in [0.2, 0.25) is 0 Å². The second kappa shape index (κ2) is 12.6. The maximum Gasteiger partial charge on any atom is 0.342 e. The smallest absolute Gasteiger partial charge is 0.342 e. The Hall–Kier alpha value is -4.41. The number of nitrogens with one attached hydrogen (secondary N) is 2.